The fraction of sp³-hybridized carbons (Fsp3) is 0.786. The Labute approximate surface area is 124 Å². The van der Waals surface area contributed by atoms with Gasteiger partial charge >= 0.3 is 0 Å². The van der Waals surface area contributed by atoms with Gasteiger partial charge in [-0.05, 0) is 32.1 Å². The summed E-state index contributed by atoms with van der Waals surface area (Å²) in [5, 5.41) is 22.2. The highest BCUT2D eigenvalue weighted by atomic mass is 32.2. The second kappa shape index (κ2) is 6.59. The van der Waals surface area contributed by atoms with E-state index in [0.29, 0.717) is 6.04 Å². The average Bonchev–Trinajstić information content (AvgIpc) is 3.24. The Morgan fingerprint density at radius 2 is 2.25 bits per heavy atom. The molecule has 2 heterocycles. The van der Waals surface area contributed by atoms with Gasteiger partial charge in [0.2, 0.25) is 0 Å². The van der Waals surface area contributed by atoms with Crippen molar-refractivity contribution < 1.29 is 0 Å². The summed E-state index contributed by atoms with van der Waals surface area (Å²) >= 11 is 1.74. The lowest BCUT2D eigenvalue weighted by molar-refractivity contribution is 0.581. The molecule has 0 aromatic carbocycles. The van der Waals surface area contributed by atoms with Crippen molar-refractivity contribution in [1.29, 1.82) is 5.26 Å². The van der Waals surface area contributed by atoms with Crippen LogP contribution in [-0.4, -0.2) is 32.6 Å². The Bertz CT molecular complexity index is 488. The molecule has 108 valence electrons. The SMILES string of the molecule is N#CC(CCSc1nnc2n1CCCCC2)NC1CC1. The first-order chi connectivity index (χ1) is 9.86. The maximum Gasteiger partial charge on any atom is 0.191 e. The van der Waals surface area contributed by atoms with Gasteiger partial charge in [-0.15, -0.1) is 10.2 Å². The molecular weight excluding hydrogens is 270 g/mol. The molecule has 1 aliphatic heterocycles. The highest BCUT2D eigenvalue weighted by Crippen LogP contribution is 2.24. The molecule has 0 amide bonds. The smallest absolute Gasteiger partial charge is 0.191 e. The Kier molecular flexibility index (Phi) is 4.58. The van der Waals surface area contributed by atoms with E-state index in [1.54, 1.807) is 11.8 Å². The van der Waals surface area contributed by atoms with Crippen LogP contribution in [-0.2, 0) is 13.0 Å². The van der Waals surface area contributed by atoms with E-state index in [9.17, 15) is 0 Å². The predicted octanol–water partition coefficient (Wildman–Crippen LogP) is 2.13. The van der Waals surface area contributed by atoms with E-state index in [1.165, 1.54) is 32.1 Å². The van der Waals surface area contributed by atoms with Crippen LogP contribution in [0.4, 0.5) is 0 Å². The van der Waals surface area contributed by atoms with E-state index in [2.05, 4.69) is 26.2 Å². The van der Waals surface area contributed by atoms with Gasteiger partial charge in [0.1, 0.15) is 5.82 Å². The lowest BCUT2D eigenvalue weighted by atomic mass is 10.2. The molecule has 1 N–H and O–H groups in total. The predicted molar refractivity (Wildman–Crippen MR) is 78.5 cm³/mol. The number of aryl methyl sites for hydroxylation is 1. The molecule has 0 saturated heterocycles. The molecular formula is C14H21N5S. The molecule has 0 spiro atoms. The molecule has 6 heteroatoms. The molecule has 1 aliphatic carbocycles. The monoisotopic (exact) mass is 291 g/mol. The fourth-order valence-corrected chi connectivity index (χ4v) is 3.54. The van der Waals surface area contributed by atoms with E-state index >= 15 is 0 Å². The standard InChI is InChI=1S/C14H21N5S/c15-10-12(16-11-5-6-11)7-9-20-14-18-17-13-4-2-1-3-8-19(13)14/h11-12,16H,1-9H2. The van der Waals surface area contributed by atoms with Gasteiger partial charge in [0, 0.05) is 24.8 Å². The van der Waals surface area contributed by atoms with Gasteiger partial charge in [-0.25, -0.2) is 0 Å². The number of hydrogen-bond donors (Lipinski definition) is 1. The highest BCUT2D eigenvalue weighted by molar-refractivity contribution is 7.99. The van der Waals surface area contributed by atoms with Crippen LogP contribution in [0.2, 0.25) is 0 Å². The second-order valence-electron chi connectivity index (χ2n) is 5.62. The summed E-state index contributed by atoms with van der Waals surface area (Å²) in [5.74, 6) is 2.06. The molecule has 0 bridgehead atoms. The molecule has 1 fully saturated rings. The third-order valence-electron chi connectivity index (χ3n) is 3.88. The maximum absolute atomic E-state index is 9.13. The first-order valence-corrected chi connectivity index (χ1v) is 8.56. The zero-order valence-corrected chi connectivity index (χ0v) is 12.5. The molecule has 1 aromatic heterocycles. The summed E-state index contributed by atoms with van der Waals surface area (Å²) in [7, 11) is 0. The van der Waals surface area contributed by atoms with Crippen LogP contribution in [0, 0.1) is 11.3 Å². The third kappa shape index (κ3) is 3.53. The summed E-state index contributed by atoms with van der Waals surface area (Å²) in [4.78, 5) is 0. The van der Waals surface area contributed by atoms with Crippen molar-refractivity contribution in [3.05, 3.63) is 5.82 Å². The Balaban J connectivity index is 1.50. The molecule has 1 saturated carbocycles. The molecule has 1 unspecified atom stereocenters. The highest BCUT2D eigenvalue weighted by Gasteiger charge is 2.24. The van der Waals surface area contributed by atoms with Crippen LogP contribution >= 0.6 is 11.8 Å². The number of nitrogens with zero attached hydrogens (tertiary/aromatic N) is 4. The van der Waals surface area contributed by atoms with E-state index in [0.717, 1.165) is 36.1 Å². The van der Waals surface area contributed by atoms with Crippen molar-refractivity contribution in [2.75, 3.05) is 5.75 Å². The normalized spacial score (nSPS) is 19.9. The van der Waals surface area contributed by atoms with Crippen LogP contribution in [0.3, 0.4) is 0 Å². The first kappa shape index (κ1) is 13.9. The van der Waals surface area contributed by atoms with Crippen molar-refractivity contribution in [3.8, 4) is 6.07 Å². The number of thioether (sulfide) groups is 1. The molecule has 1 aromatic rings. The minimum Gasteiger partial charge on any atom is -0.306 e. The average molecular weight is 291 g/mol. The van der Waals surface area contributed by atoms with Crippen LogP contribution in [0.15, 0.2) is 5.16 Å². The lowest BCUT2D eigenvalue weighted by Gasteiger charge is -2.10. The third-order valence-corrected chi connectivity index (χ3v) is 4.88. The van der Waals surface area contributed by atoms with E-state index in [-0.39, 0.29) is 6.04 Å². The minimum absolute atomic E-state index is 0.0125. The second-order valence-corrected chi connectivity index (χ2v) is 6.68. The molecule has 3 rings (SSSR count). The number of rotatable bonds is 6. The molecule has 20 heavy (non-hydrogen) atoms. The van der Waals surface area contributed by atoms with Gasteiger partial charge in [0.25, 0.3) is 0 Å². The van der Waals surface area contributed by atoms with E-state index in [4.69, 9.17) is 5.26 Å². The van der Waals surface area contributed by atoms with Crippen molar-refractivity contribution in [2.45, 2.75) is 68.7 Å². The number of nitrogens with one attached hydrogen (secondary N) is 1. The van der Waals surface area contributed by atoms with Gasteiger partial charge in [-0.3, -0.25) is 5.32 Å². The zero-order chi connectivity index (χ0) is 13.8. The molecule has 2 aliphatic rings. The molecule has 1 atom stereocenters. The van der Waals surface area contributed by atoms with Crippen LogP contribution in [0.5, 0.6) is 0 Å². The van der Waals surface area contributed by atoms with Crippen LogP contribution < -0.4 is 5.32 Å². The van der Waals surface area contributed by atoms with Crippen molar-refractivity contribution in [3.63, 3.8) is 0 Å². The number of fused-ring (bicyclic) bond motifs is 1. The summed E-state index contributed by atoms with van der Waals surface area (Å²) in [6.07, 6.45) is 8.12. The minimum atomic E-state index is -0.0125. The Hall–Kier alpha value is -1.06. The summed E-state index contributed by atoms with van der Waals surface area (Å²) in [6.45, 7) is 1.05. The van der Waals surface area contributed by atoms with E-state index < -0.39 is 0 Å². The summed E-state index contributed by atoms with van der Waals surface area (Å²) in [6, 6.07) is 2.94. The van der Waals surface area contributed by atoms with Gasteiger partial charge in [0.05, 0.1) is 12.1 Å². The van der Waals surface area contributed by atoms with Gasteiger partial charge in [0.15, 0.2) is 5.16 Å². The maximum atomic E-state index is 9.13. The largest absolute Gasteiger partial charge is 0.306 e. The molecule has 5 nitrogen and oxygen atoms in total. The van der Waals surface area contributed by atoms with E-state index in [1.807, 2.05) is 0 Å². The quantitative estimate of drug-likeness (QED) is 0.813. The number of aromatic nitrogens is 3. The number of nitriles is 1. The van der Waals surface area contributed by atoms with Gasteiger partial charge in [-0.1, -0.05) is 18.2 Å². The van der Waals surface area contributed by atoms with Crippen molar-refractivity contribution in [2.24, 2.45) is 0 Å². The number of hydrogen-bond acceptors (Lipinski definition) is 5. The van der Waals surface area contributed by atoms with Gasteiger partial charge < -0.3 is 4.57 Å². The van der Waals surface area contributed by atoms with Crippen molar-refractivity contribution >= 4 is 11.8 Å². The topological polar surface area (TPSA) is 66.5 Å². The summed E-state index contributed by atoms with van der Waals surface area (Å²) in [5.41, 5.74) is 0. The van der Waals surface area contributed by atoms with Crippen molar-refractivity contribution in [1.82, 2.24) is 20.1 Å². The lowest BCUT2D eigenvalue weighted by Crippen LogP contribution is -2.30. The Morgan fingerprint density at radius 1 is 1.35 bits per heavy atom. The zero-order valence-electron chi connectivity index (χ0n) is 11.7. The Morgan fingerprint density at radius 3 is 3.05 bits per heavy atom. The van der Waals surface area contributed by atoms with Crippen LogP contribution in [0.25, 0.3) is 0 Å². The molecule has 0 radical (unpaired) electrons. The first-order valence-electron chi connectivity index (χ1n) is 7.57. The van der Waals surface area contributed by atoms with Crippen LogP contribution in [0.1, 0.15) is 44.3 Å². The fourth-order valence-electron chi connectivity index (χ4n) is 2.55. The summed E-state index contributed by atoms with van der Waals surface area (Å²) < 4.78 is 2.27. The van der Waals surface area contributed by atoms with Gasteiger partial charge in [-0.2, -0.15) is 5.26 Å².